The molecule has 0 aliphatic rings. The molecule has 1 aromatic carbocycles. The summed E-state index contributed by atoms with van der Waals surface area (Å²) in [6.07, 6.45) is 2.68. The number of nitrogens with zero attached hydrogens (tertiary/aromatic N) is 4. The highest BCUT2D eigenvalue weighted by atomic mass is 35.5. The van der Waals surface area contributed by atoms with Gasteiger partial charge in [0.05, 0.1) is 18.5 Å². The molecule has 6 nitrogen and oxygen atoms in total. The maximum Gasteiger partial charge on any atom is 0.216 e. The van der Waals surface area contributed by atoms with Gasteiger partial charge in [-0.05, 0) is 31.2 Å². The molecule has 0 aliphatic heterocycles. The van der Waals surface area contributed by atoms with Crippen molar-refractivity contribution >= 4 is 11.6 Å². The van der Waals surface area contributed by atoms with E-state index in [1.807, 2.05) is 12.1 Å². The second-order valence-electron chi connectivity index (χ2n) is 4.64. The molecule has 3 rings (SSSR count). The molecule has 2 heterocycles. The van der Waals surface area contributed by atoms with E-state index in [0.29, 0.717) is 28.9 Å². The average molecular weight is 305 g/mol. The molecule has 0 saturated heterocycles. The summed E-state index contributed by atoms with van der Waals surface area (Å²) in [6.45, 7) is 1.99. The Kier molecular flexibility index (Phi) is 3.72. The molecule has 0 bridgehead atoms. The summed E-state index contributed by atoms with van der Waals surface area (Å²) in [5.74, 6) is 1.18. The lowest BCUT2D eigenvalue weighted by molar-refractivity contribution is 0.194. The van der Waals surface area contributed by atoms with Gasteiger partial charge in [0.15, 0.2) is 5.76 Å². The fourth-order valence-electron chi connectivity index (χ4n) is 1.85. The Morgan fingerprint density at radius 2 is 2.10 bits per heavy atom. The van der Waals surface area contributed by atoms with Gasteiger partial charge in [0.2, 0.25) is 5.89 Å². The largest absolute Gasteiger partial charge is 0.439 e. The standard InChI is InChI=1S/C14H13ClN4O2/c1-9(20)12-7-19(18-17-12)8-14-16-6-13(21-14)10-2-4-11(15)5-3-10/h2-7,9,20H,8H2,1H3. The number of halogens is 1. The quantitative estimate of drug-likeness (QED) is 0.802. The summed E-state index contributed by atoms with van der Waals surface area (Å²) in [6, 6.07) is 7.33. The van der Waals surface area contributed by atoms with Crippen LogP contribution in [0.25, 0.3) is 11.3 Å². The molecule has 0 aliphatic carbocycles. The van der Waals surface area contributed by atoms with Crippen LogP contribution in [0.15, 0.2) is 41.1 Å². The fraction of sp³-hybridized carbons (Fsp3) is 0.214. The van der Waals surface area contributed by atoms with Crippen LogP contribution in [0.3, 0.4) is 0 Å². The third kappa shape index (κ3) is 3.12. The first-order valence-electron chi connectivity index (χ1n) is 6.40. The van der Waals surface area contributed by atoms with E-state index >= 15 is 0 Å². The summed E-state index contributed by atoms with van der Waals surface area (Å²) in [5, 5.41) is 17.9. The number of hydrogen-bond acceptors (Lipinski definition) is 5. The number of oxazole rings is 1. The minimum Gasteiger partial charge on any atom is -0.439 e. The number of benzene rings is 1. The second kappa shape index (κ2) is 5.67. The molecule has 0 fully saturated rings. The second-order valence-corrected chi connectivity index (χ2v) is 5.08. The van der Waals surface area contributed by atoms with Gasteiger partial charge in [-0.15, -0.1) is 5.10 Å². The number of aliphatic hydroxyl groups excluding tert-OH is 1. The van der Waals surface area contributed by atoms with Gasteiger partial charge in [-0.3, -0.25) is 0 Å². The van der Waals surface area contributed by atoms with Gasteiger partial charge in [0, 0.05) is 10.6 Å². The lowest BCUT2D eigenvalue weighted by Gasteiger charge is -1.97. The minimum atomic E-state index is -0.645. The Morgan fingerprint density at radius 3 is 2.76 bits per heavy atom. The molecule has 0 saturated carbocycles. The number of aromatic nitrogens is 4. The third-order valence-electron chi connectivity index (χ3n) is 2.96. The van der Waals surface area contributed by atoms with Crippen LogP contribution < -0.4 is 0 Å². The summed E-state index contributed by atoms with van der Waals surface area (Å²) >= 11 is 5.85. The summed E-state index contributed by atoms with van der Waals surface area (Å²) in [4.78, 5) is 4.21. The van der Waals surface area contributed by atoms with E-state index in [2.05, 4.69) is 15.3 Å². The monoisotopic (exact) mass is 304 g/mol. The van der Waals surface area contributed by atoms with Crippen molar-refractivity contribution in [1.29, 1.82) is 0 Å². The Hall–Kier alpha value is -2.18. The summed E-state index contributed by atoms with van der Waals surface area (Å²) in [5.41, 5.74) is 1.42. The SMILES string of the molecule is CC(O)c1cn(Cc2ncc(-c3ccc(Cl)cc3)o2)nn1. The summed E-state index contributed by atoms with van der Waals surface area (Å²) in [7, 11) is 0. The van der Waals surface area contributed by atoms with E-state index in [-0.39, 0.29) is 0 Å². The van der Waals surface area contributed by atoms with Crippen molar-refractivity contribution in [3.8, 4) is 11.3 Å². The van der Waals surface area contributed by atoms with E-state index in [1.54, 1.807) is 36.1 Å². The van der Waals surface area contributed by atoms with E-state index in [0.717, 1.165) is 5.56 Å². The third-order valence-corrected chi connectivity index (χ3v) is 3.22. The van der Waals surface area contributed by atoms with Gasteiger partial charge < -0.3 is 9.52 Å². The zero-order valence-electron chi connectivity index (χ0n) is 11.3. The predicted molar refractivity (Wildman–Crippen MR) is 76.7 cm³/mol. The van der Waals surface area contributed by atoms with Crippen LogP contribution in [0.1, 0.15) is 24.6 Å². The molecule has 108 valence electrons. The van der Waals surface area contributed by atoms with Crippen molar-refractivity contribution in [2.24, 2.45) is 0 Å². The molecule has 1 atom stereocenters. The van der Waals surface area contributed by atoms with Crippen molar-refractivity contribution < 1.29 is 9.52 Å². The lowest BCUT2D eigenvalue weighted by atomic mass is 10.2. The Bertz CT molecular complexity index is 734. The molecule has 3 aromatic rings. The van der Waals surface area contributed by atoms with Crippen LogP contribution in [0.2, 0.25) is 5.02 Å². The van der Waals surface area contributed by atoms with Crippen molar-refractivity contribution in [1.82, 2.24) is 20.0 Å². The highest BCUT2D eigenvalue weighted by Crippen LogP contribution is 2.22. The molecule has 1 N–H and O–H groups in total. The van der Waals surface area contributed by atoms with Crippen molar-refractivity contribution in [3.05, 3.63) is 53.3 Å². The van der Waals surface area contributed by atoms with Crippen molar-refractivity contribution in [2.45, 2.75) is 19.6 Å². The molecule has 0 amide bonds. The maximum absolute atomic E-state index is 9.41. The van der Waals surface area contributed by atoms with Gasteiger partial charge in [-0.1, -0.05) is 16.8 Å². The van der Waals surface area contributed by atoms with Gasteiger partial charge in [-0.2, -0.15) is 0 Å². The highest BCUT2D eigenvalue weighted by Gasteiger charge is 2.10. The van der Waals surface area contributed by atoms with E-state index in [4.69, 9.17) is 16.0 Å². The van der Waals surface area contributed by atoms with Gasteiger partial charge in [0.25, 0.3) is 0 Å². The Labute approximate surface area is 126 Å². The van der Waals surface area contributed by atoms with Crippen LogP contribution >= 0.6 is 11.6 Å². The smallest absolute Gasteiger partial charge is 0.216 e. The van der Waals surface area contributed by atoms with E-state index in [9.17, 15) is 5.11 Å². The van der Waals surface area contributed by atoms with Gasteiger partial charge in [-0.25, -0.2) is 9.67 Å². The molecule has 2 aromatic heterocycles. The van der Waals surface area contributed by atoms with Crippen LogP contribution in [0.4, 0.5) is 0 Å². The van der Waals surface area contributed by atoms with Crippen molar-refractivity contribution in [3.63, 3.8) is 0 Å². The minimum absolute atomic E-state index is 0.354. The fourth-order valence-corrected chi connectivity index (χ4v) is 1.98. The predicted octanol–water partition coefficient (Wildman–Crippen LogP) is 2.69. The first-order chi connectivity index (χ1) is 10.1. The average Bonchev–Trinajstić information content (AvgIpc) is 3.10. The first kappa shape index (κ1) is 13.8. The van der Waals surface area contributed by atoms with Crippen LogP contribution in [0.5, 0.6) is 0 Å². The zero-order valence-corrected chi connectivity index (χ0v) is 12.0. The normalized spacial score (nSPS) is 12.5. The van der Waals surface area contributed by atoms with Gasteiger partial charge in [0.1, 0.15) is 12.2 Å². The van der Waals surface area contributed by atoms with Crippen LogP contribution in [-0.4, -0.2) is 25.1 Å². The number of hydrogen-bond donors (Lipinski definition) is 1. The maximum atomic E-state index is 9.41. The molecular formula is C14H13ClN4O2. The molecule has 7 heteroatoms. The lowest BCUT2D eigenvalue weighted by Crippen LogP contribution is -2.00. The number of aliphatic hydroxyl groups is 1. The molecule has 0 radical (unpaired) electrons. The molecule has 1 unspecified atom stereocenters. The molecule has 21 heavy (non-hydrogen) atoms. The van der Waals surface area contributed by atoms with E-state index in [1.165, 1.54) is 0 Å². The Morgan fingerprint density at radius 1 is 1.33 bits per heavy atom. The van der Waals surface area contributed by atoms with E-state index < -0.39 is 6.10 Å². The van der Waals surface area contributed by atoms with Crippen LogP contribution in [0, 0.1) is 0 Å². The zero-order chi connectivity index (χ0) is 14.8. The number of rotatable bonds is 4. The molecular weight excluding hydrogens is 292 g/mol. The first-order valence-corrected chi connectivity index (χ1v) is 6.78. The van der Waals surface area contributed by atoms with Crippen LogP contribution in [-0.2, 0) is 6.54 Å². The summed E-state index contributed by atoms with van der Waals surface area (Å²) < 4.78 is 7.25. The molecule has 0 spiro atoms. The Balaban J connectivity index is 1.76. The van der Waals surface area contributed by atoms with Crippen molar-refractivity contribution in [2.75, 3.05) is 0 Å². The van der Waals surface area contributed by atoms with Gasteiger partial charge >= 0.3 is 0 Å². The highest BCUT2D eigenvalue weighted by molar-refractivity contribution is 6.30. The topological polar surface area (TPSA) is 77.0 Å².